The highest BCUT2D eigenvalue weighted by Crippen LogP contribution is 2.32. The van der Waals surface area contributed by atoms with Crippen LogP contribution in [0.25, 0.3) is 0 Å². The molecule has 1 amide bonds. The van der Waals surface area contributed by atoms with Gasteiger partial charge in [0.25, 0.3) is 5.91 Å². The summed E-state index contributed by atoms with van der Waals surface area (Å²) in [7, 11) is 0. The van der Waals surface area contributed by atoms with Gasteiger partial charge in [-0.25, -0.2) is 4.79 Å². The van der Waals surface area contributed by atoms with Gasteiger partial charge in [0.15, 0.2) is 6.61 Å². The zero-order valence-electron chi connectivity index (χ0n) is 13.4. The van der Waals surface area contributed by atoms with E-state index in [1.54, 1.807) is 0 Å². The molecule has 2 heterocycles. The molecule has 6 heteroatoms. The maximum absolute atomic E-state index is 12.1. The number of ether oxygens (including phenoxy) is 2. The second-order valence-electron chi connectivity index (χ2n) is 6.42. The van der Waals surface area contributed by atoms with Crippen molar-refractivity contribution in [1.29, 1.82) is 0 Å². The average molecular weight is 337 g/mol. The van der Waals surface area contributed by atoms with Gasteiger partial charge in [-0.15, -0.1) is 11.3 Å². The molecule has 0 saturated carbocycles. The summed E-state index contributed by atoms with van der Waals surface area (Å²) in [6.07, 6.45) is 5.35. The van der Waals surface area contributed by atoms with Gasteiger partial charge in [0.05, 0.1) is 6.10 Å². The first-order valence-corrected chi connectivity index (χ1v) is 9.10. The van der Waals surface area contributed by atoms with E-state index in [0.717, 1.165) is 32.3 Å². The number of amides is 1. The van der Waals surface area contributed by atoms with E-state index in [2.05, 4.69) is 12.2 Å². The van der Waals surface area contributed by atoms with Crippen LogP contribution in [0.2, 0.25) is 0 Å². The van der Waals surface area contributed by atoms with Crippen LogP contribution in [0.3, 0.4) is 0 Å². The lowest BCUT2D eigenvalue weighted by Crippen LogP contribution is -2.34. The lowest BCUT2D eigenvalue weighted by atomic mass is 9.90. The maximum Gasteiger partial charge on any atom is 0.348 e. The summed E-state index contributed by atoms with van der Waals surface area (Å²) in [5, 5.41) is 2.75. The molecule has 1 saturated heterocycles. The molecule has 5 nitrogen and oxygen atoms in total. The summed E-state index contributed by atoms with van der Waals surface area (Å²) < 4.78 is 10.6. The minimum absolute atomic E-state index is 0.0978. The van der Waals surface area contributed by atoms with Crippen LogP contribution in [0.4, 0.5) is 0 Å². The van der Waals surface area contributed by atoms with Crippen LogP contribution in [-0.2, 0) is 27.1 Å². The maximum atomic E-state index is 12.1. The number of carbonyl (C=O) groups is 2. The monoisotopic (exact) mass is 337 g/mol. The standard InChI is InChI=1S/C17H23NO4S/c1-11-4-5-14-12(7-11)8-15(23-14)17(20)22-10-16(19)18-9-13-3-2-6-21-13/h8,11,13H,2-7,9-10H2,1H3,(H,18,19)/t11-,13+/m0/s1. The molecule has 23 heavy (non-hydrogen) atoms. The van der Waals surface area contributed by atoms with E-state index in [1.165, 1.54) is 28.2 Å². The lowest BCUT2D eigenvalue weighted by Gasteiger charge is -2.16. The quantitative estimate of drug-likeness (QED) is 0.838. The van der Waals surface area contributed by atoms with Gasteiger partial charge in [-0.3, -0.25) is 4.79 Å². The van der Waals surface area contributed by atoms with Gasteiger partial charge in [-0.1, -0.05) is 6.92 Å². The van der Waals surface area contributed by atoms with Gasteiger partial charge in [0.1, 0.15) is 4.88 Å². The smallest absolute Gasteiger partial charge is 0.348 e. The predicted molar refractivity (Wildman–Crippen MR) is 87.8 cm³/mol. The molecule has 0 spiro atoms. The predicted octanol–water partition coefficient (Wildman–Crippen LogP) is 2.32. The van der Waals surface area contributed by atoms with Crippen LogP contribution in [0.5, 0.6) is 0 Å². The molecule has 1 N–H and O–H groups in total. The minimum atomic E-state index is -0.399. The SMILES string of the molecule is C[C@H]1CCc2sc(C(=O)OCC(=O)NC[C@H]3CCCO3)cc2C1. The molecule has 0 bridgehead atoms. The number of carbonyl (C=O) groups excluding carboxylic acids is 2. The Bertz CT molecular complexity index is 577. The van der Waals surface area contributed by atoms with Crippen LogP contribution >= 0.6 is 11.3 Å². The number of thiophene rings is 1. The van der Waals surface area contributed by atoms with E-state index in [9.17, 15) is 9.59 Å². The Morgan fingerprint density at radius 2 is 2.30 bits per heavy atom. The first kappa shape index (κ1) is 16.5. The third kappa shape index (κ3) is 4.32. The minimum Gasteiger partial charge on any atom is -0.451 e. The largest absolute Gasteiger partial charge is 0.451 e. The Morgan fingerprint density at radius 3 is 3.09 bits per heavy atom. The van der Waals surface area contributed by atoms with Gasteiger partial charge in [0, 0.05) is 18.0 Å². The molecule has 0 unspecified atom stereocenters. The fraction of sp³-hybridized carbons (Fsp3) is 0.647. The van der Waals surface area contributed by atoms with Crippen molar-refractivity contribution < 1.29 is 19.1 Å². The molecule has 126 valence electrons. The molecule has 3 rings (SSSR count). The Morgan fingerprint density at radius 1 is 1.43 bits per heavy atom. The average Bonchev–Trinajstić information content (AvgIpc) is 3.19. The Hall–Kier alpha value is -1.40. The van der Waals surface area contributed by atoms with Crippen LogP contribution in [-0.4, -0.2) is 37.7 Å². The number of esters is 1. The molecule has 1 fully saturated rings. The van der Waals surface area contributed by atoms with Crippen molar-refractivity contribution in [2.75, 3.05) is 19.8 Å². The van der Waals surface area contributed by atoms with Crippen LogP contribution in [0.15, 0.2) is 6.07 Å². The van der Waals surface area contributed by atoms with Crippen molar-refractivity contribution in [2.45, 2.75) is 45.1 Å². The van der Waals surface area contributed by atoms with Crippen LogP contribution in [0, 0.1) is 5.92 Å². The molecule has 1 aliphatic carbocycles. The number of nitrogens with one attached hydrogen (secondary N) is 1. The van der Waals surface area contributed by atoms with Crippen molar-refractivity contribution >= 4 is 23.2 Å². The second kappa shape index (κ2) is 7.45. The summed E-state index contributed by atoms with van der Waals surface area (Å²) in [5.41, 5.74) is 1.27. The van der Waals surface area contributed by atoms with E-state index in [4.69, 9.17) is 9.47 Å². The third-order valence-electron chi connectivity index (χ3n) is 4.42. The highest BCUT2D eigenvalue weighted by Gasteiger charge is 2.22. The Labute approximate surface area is 140 Å². The number of rotatable bonds is 5. The number of aryl methyl sites for hydroxylation is 1. The second-order valence-corrected chi connectivity index (χ2v) is 7.56. The summed E-state index contributed by atoms with van der Waals surface area (Å²) in [6, 6.07) is 1.93. The summed E-state index contributed by atoms with van der Waals surface area (Å²) in [4.78, 5) is 25.7. The number of fused-ring (bicyclic) bond motifs is 1. The zero-order chi connectivity index (χ0) is 16.2. The number of hydrogen-bond donors (Lipinski definition) is 1. The topological polar surface area (TPSA) is 64.6 Å². The van der Waals surface area contributed by atoms with Crippen molar-refractivity contribution in [1.82, 2.24) is 5.32 Å². The van der Waals surface area contributed by atoms with Crippen molar-refractivity contribution in [3.63, 3.8) is 0 Å². The van der Waals surface area contributed by atoms with E-state index >= 15 is 0 Å². The molecular formula is C17H23NO4S. The van der Waals surface area contributed by atoms with Crippen molar-refractivity contribution in [2.24, 2.45) is 5.92 Å². The van der Waals surface area contributed by atoms with E-state index in [-0.39, 0.29) is 18.6 Å². The van der Waals surface area contributed by atoms with Crippen LogP contribution < -0.4 is 5.32 Å². The fourth-order valence-corrected chi connectivity index (χ4v) is 4.19. The van der Waals surface area contributed by atoms with E-state index in [0.29, 0.717) is 17.3 Å². The highest BCUT2D eigenvalue weighted by molar-refractivity contribution is 7.14. The Kier molecular flexibility index (Phi) is 5.33. The van der Waals surface area contributed by atoms with Gasteiger partial charge in [-0.05, 0) is 49.7 Å². The van der Waals surface area contributed by atoms with E-state index in [1.807, 2.05) is 6.07 Å². The fourth-order valence-electron chi connectivity index (χ4n) is 3.09. The summed E-state index contributed by atoms with van der Waals surface area (Å²) in [5.74, 6) is -0.00216. The molecule has 0 radical (unpaired) electrons. The van der Waals surface area contributed by atoms with Gasteiger partial charge < -0.3 is 14.8 Å². The molecule has 2 atom stereocenters. The van der Waals surface area contributed by atoms with Gasteiger partial charge >= 0.3 is 5.97 Å². The number of hydrogen-bond acceptors (Lipinski definition) is 5. The molecule has 1 aromatic heterocycles. The highest BCUT2D eigenvalue weighted by atomic mass is 32.1. The first-order valence-electron chi connectivity index (χ1n) is 8.29. The van der Waals surface area contributed by atoms with Crippen molar-refractivity contribution in [3.05, 3.63) is 21.4 Å². The van der Waals surface area contributed by atoms with Crippen molar-refractivity contribution in [3.8, 4) is 0 Å². The summed E-state index contributed by atoms with van der Waals surface area (Å²) in [6.45, 7) is 3.25. The first-order chi connectivity index (χ1) is 11.1. The molecule has 0 aromatic carbocycles. The summed E-state index contributed by atoms with van der Waals surface area (Å²) >= 11 is 1.50. The zero-order valence-corrected chi connectivity index (χ0v) is 14.2. The molecule has 2 aliphatic rings. The van der Waals surface area contributed by atoms with E-state index < -0.39 is 5.97 Å². The molecule has 1 aromatic rings. The van der Waals surface area contributed by atoms with Crippen LogP contribution in [0.1, 0.15) is 46.3 Å². The normalized spacial score (nSPS) is 23.3. The lowest BCUT2D eigenvalue weighted by molar-refractivity contribution is -0.124. The van der Waals surface area contributed by atoms with Gasteiger partial charge in [-0.2, -0.15) is 0 Å². The Balaban J connectivity index is 1.44. The van der Waals surface area contributed by atoms with Gasteiger partial charge in [0.2, 0.25) is 0 Å². The molecule has 1 aliphatic heterocycles. The third-order valence-corrected chi connectivity index (χ3v) is 5.63. The molecular weight excluding hydrogens is 314 g/mol.